The SMILES string of the molecule is CCCCCCCCCCC/C=C\C/C=C\CCCCCCCCCCC(O)C(=O)NC(CO)C(O)C(O)CCCCCCCCCCCCCCCCCCCCCCCCC. The van der Waals surface area contributed by atoms with Crippen LogP contribution in [0.4, 0.5) is 0 Å². The van der Waals surface area contributed by atoms with Gasteiger partial charge in [-0.05, 0) is 44.9 Å². The van der Waals surface area contributed by atoms with Crippen LogP contribution in [0.5, 0.6) is 0 Å². The van der Waals surface area contributed by atoms with Gasteiger partial charge in [-0.25, -0.2) is 0 Å². The van der Waals surface area contributed by atoms with Crippen LogP contribution < -0.4 is 5.32 Å². The Balaban J connectivity index is 3.64. The van der Waals surface area contributed by atoms with Gasteiger partial charge in [-0.3, -0.25) is 4.79 Å². The molecule has 0 radical (unpaired) electrons. The van der Waals surface area contributed by atoms with Crippen LogP contribution in [0.25, 0.3) is 0 Å². The number of nitrogens with one attached hydrogen (secondary N) is 1. The molecule has 0 aliphatic rings. The Bertz CT molecular complexity index is 955. The van der Waals surface area contributed by atoms with Crippen molar-refractivity contribution < 1.29 is 25.2 Å². The van der Waals surface area contributed by atoms with Gasteiger partial charge in [0.05, 0.1) is 18.8 Å². The van der Waals surface area contributed by atoms with Gasteiger partial charge >= 0.3 is 0 Å². The Morgan fingerprint density at radius 2 is 0.683 bits per heavy atom. The molecule has 5 N–H and O–H groups in total. The Kier molecular flexibility index (Phi) is 50.8. The van der Waals surface area contributed by atoms with E-state index in [2.05, 4.69) is 43.5 Å². The van der Waals surface area contributed by atoms with Gasteiger partial charge in [0.1, 0.15) is 12.2 Å². The van der Waals surface area contributed by atoms with E-state index in [9.17, 15) is 25.2 Å². The van der Waals surface area contributed by atoms with Gasteiger partial charge in [0.2, 0.25) is 5.91 Å². The van der Waals surface area contributed by atoms with Crippen molar-refractivity contribution in [3.8, 4) is 0 Å². The highest BCUT2D eigenvalue weighted by Gasteiger charge is 2.28. The second-order valence-electron chi connectivity index (χ2n) is 19.6. The highest BCUT2D eigenvalue weighted by atomic mass is 16.3. The summed E-state index contributed by atoms with van der Waals surface area (Å²) in [5.74, 6) is -0.584. The predicted molar refractivity (Wildman–Crippen MR) is 274 cm³/mol. The third-order valence-electron chi connectivity index (χ3n) is 13.4. The standard InChI is InChI=1S/C57H111NO5/c1-3-5-7-9-11-13-15-17-19-21-23-25-27-29-31-33-35-37-39-41-43-45-47-49-51-55(61)57(63)58-53(52-59)56(62)54(60)50-48-46-44-42-40-38-36-34-32-30-28-26-24-22-20-18-16-14-12-10-8-6-4-2/h23,25,29,31,53-56,59-62H,3-22,24,26-28,30,32-52H2,1-2H3,(H,58,63)/b25-23-,31-29-. The zero-order valence-corrected chi connectivity index (χ0v) is 42.3. The van der Waals surface area contributed by atoms with E-state index in [-0.39, 0.29) is 0 Å². The average Bonchev–Trinajstić information content (AvgIpc) is 3.29. The van der Waals surface area contributed by atoms with Crippen molar-refractivity contribution >= 4 is 5.91 Å². The molecule has 0 aromatic heterocycles. The van der Waals surface area contributed by atoms with Crippen molar-refractivity contribution in [3.05, 3.63) is 24.3 Å². The Morgan fingerprint density at radius 1 is 0.397 bits per heavy atom. The van der Waals surface area contributed by atoms with Crippen LogP contribution in [0.1, 0.15) is 303 Å². The number of carbonyl (C=O) groups is 1. The summed E-state index contributed by atoms with van der Waals surface area (Å²) in [6.45, 7) is 4.09. The molecule has 4 unspecified atom stereocenters. The molecule has 0 bridgehead atoms. The third kappa shape index (κ3) is 45.7. The predicted octanol–water partition coefficient (Wildman–Crippen LogP) is 16.3. The molecule has 4 atom stereocenters. The summed E-state index contributed by atoms with van der Waals surface area (Å²) in [6, 6.07) is -0.988. The summed E-state index contributed by atoms with van der Waals surface area (Å²) < 4.78 is 0. The molecule has 6 heteroatoms. The molecule has 1 amide bonds. The molecule has 0 aliphatic heterocycles. The lowest BCUT2D eigenvalue weighted by Crippen LogP contribution is -2.53. The number of aliphatic hydroxyl groups excluding tert-OH is 4. The van der Waals surface area contributed by atoms with Gasteiger partial charge in [-0.1, -0.05) is 282 Å². The van der Waals surface area contributed by atoms with Crippen LogP contribution >= 0.6 is 0 Å². The molecule has 0 fully saturated rings. The Morgan fingerprint density at radius 3 is 1.00 bits per heavy atom. The second-order valence-corrected chi connectivity index (χ2v) is 19.6. The highest BCUT2D eigenvalue weighted by Crippen LogP contribution is 2.18. The van der Waals surface area contributed by atoms with Gasteiger partial charge in [0.15, 0.2) is 0 Å². The van der Waals surface area contributed by atoms with Gasteiger partial charge in [0.25, 0.3) is 0 Å². The number of allylic oxidation sites excluding steroid dienone is 4. The Hall–Kier alpha value is -1.21. The molecular weight excluding hydrogens is 779 g/mol. The fourth-order valence-electron chi connectivity index (χ4n) is 8.97. The molecule has 0 saturated heterocycles. The van der Waals surface area contributed by atoms with E-state index in [1.165, 1.54) is 231 Å². The first kappa shape index (κ1) is 61.8. The topological polar surface area (TPSA) is 110 Å². The lowest BCUT2D eigenvalue weighted by Gasteiger charge is -2.27. The van der Waals surface area contributed by atoms with Crippen molar-refractivity contribution in [3.63, 3.8) is 0 Å². The summed E-state index contributed by atoms with van der Waals surface area (Å²) >= 11 is 0. The minimum Gasteiger partial charge on any atom is -0.394 e. The fraction of sp³-hybridized carbons (Fsp3) is 0.912. The van der Waals surface area contributed by atoms with Crippen molar-refractivity contribution in [2.24, 2.45) is 0 Å². The summed E-state index contributed by atoms with van der Waals surface area (Å²) in [6.07, 6.45) is 62.4. The van der Waals surface area contributed by atoms with Crippen LogP contribution in [0.15, 0.2) is 24.3 Å². The number of aliphatic hydroxyl groups is 4. The quantitative estimate of drug-likeness (QED) is 0.0309. The number of unbranched alkanes of at least 4 members (excludes halogenated alkanes) is 39. The first-order chi connectivity index (χ1) is 31.0. The van der Waals surface area contributed by atoms with Gasteiger partial charge < -0.3 is 25.7 Å². The maximum atomic E-state index is 12.6. The minimum absolute atomic E-state index is 0.364. The van der Waals surface area contributed by atoms with Crippen molar-refractivity contribution in [2.45, 2.75) is 327 Å². The number of rotatable bonds is 52. The molecule has 0 aromatic carbocycles. The fourth-order valence-corrected chi connectivity index (χ4v) is 8.97. The van der Waals surface area contributed by atoms with Crippen LogP contribution in [-0.4, -0.2) is 57.3 Å². The lowest BCUT2D eigenvalue weighted by atomic mass is 9.99. The van der Waals surface area contributed by atoms with Gasteiger partial charge in [-0.15, -0.1) is 0 Å². The molecule has 0 aliphatic carbocycles. The van der Waals surface area contributed by atoms with E-state index in [0.29, 0.717) is 12.8 Å². The number of carbonyl (C=O) groups excluding carboxylic acids is 1. The average molecular weight is 891 g/mol. The monoisotopic (exact) mass is 890 g/mol. The lowest BCUT2D eigenvalue weighted by molar-refractivity contribution is -0.132. The zero-order valence-electron chi connectivity index (χ0n) is 42.3. The van der Waals surface area contributed by atoms with E-state index < -0.39 is 36.9 Å². The molecule has 63 heavy (non-hydrogen) atoms. The van der Waals surface area contributed by atoms with E-state index in [1.807, 2.05) is 0 Å². The van der Waals surface area contributed by atoms with Crippen LogP contribution in [0, 0.1) is 0 Å². The minimum atomic E-state index is -1.26. The zero-order chi connectivity index (χ0) is 45.9. The molecule has 0 saturated carbocycles. The summed E-state index contributed by atoms with van der Waals surface area (Å²) in [7, 11) is 0. The van der Waals surface area contributed by atoms with Crippen molar-refractivity contribution in [1.29, 1.82) is 0 Å². The Labute approximate surface area is 393 Å². The smallest absolute Gasteiger partial charge is 0.249 e. The van der Waals surface area contributed by atoms with E-state index in [0.717, 1.165) is 44.9 Å². The van der Waals surface area contributed by atoms with Crippen LogP contribution in [-0.2, 0) is 4.79 Å². The number of hydrogen-bond donors (Lipinski definition) is 5. The second kappa shape index (κ2) is 51.8. The molecular formula is C57H111NO5. The maximum absolute atomic E-state index is 12.6. The van der Waals surface area contributed by atoms with E-state index >= 15 is 0 Å². The van der Waals surface area contributed by atoms with E-state index in [4.69, 9.17) is 0 Å². The van der Waals surface area contributed by atoms with Crippen molar-refractivity contribution in [1.82, 2.24) is 5.32 Å². The van der Waals surface area contributed by atoms with Gasteiger partial charge in [-0.2, -0.15) is 0 Å². The molecule has 0 spiro atoms. The molecule has 374 valence electrons. The van der Waals surface area contributed by atoms with Crippen LogP contribution in [0.3, 0.4) is 0 Å². The van der Waals surface area contributed by atoms with E-state index in [1.54, 1.807) is 0 Å². The maximum Gasteiger partial charge on any atom is 0.249 e. The van der Waals surface area contributed by atoms with Crippen molar-refractivity contribution in [2.75, 3.05) is 6.61 Å². The number of hydrogen-bond acceptors (Lipinski definition) is 5. The summed E-state index contributed by atoms with van der Waals surface area (Å²) in [5, 5.41) is 44.0. The third-order valence-corrected chi connectivity index (χ3v) is 13.4. The summed E-state index contributed by atoms with van der Waals surface area (Å²) in [5.41, 5.74) is 0. The summed E-state index contributed by atoms with van der Waals surface area (Å²) in [4.78, 5) is 12.6. The first-order valence-electron chi connectivity index (χ1n) is 28.2. The highest BCUT2D eigenvalue weighted by molar-refractivity contribution is 5.80. The van der Waals surface area contributed by atoms with Crippen LogP contribution in [0.2, 0.25) is 0 Å². The molecule has 6 nitrogen and oxygen atoms in total. The normalized spacial score (nSPS) is 13.9. The molecule has 0 aromatic rings. The number of amides is 1. The molecule has 0 heterocycles. The van der Waals surface area contributed by atoms with Gasteiger partial charge in [0, 0.05) is 0 Å². The largest absolute Gasteiger partial charge is 0.394 e. The molecule has 0 rings (SSSR count). The first-order valence-corrected chi connectivity index (χ1v) is 28.2.